The van der Waals surface area contributed by atoms with Crippen LogP contribution in [0.2, 0.25) is 0 Å². The fourth-order valence-corrected chi connectivity index (χ4v) is 3.11. The average Bonchev–Trinajstić information content (AvgIpc) is 3.35. The summed E-state index contributed by atoms with van der Waals surface area (Å²) in [5.41, 5.74) is 2.85. The van der Waals surface area contributed by atoms with Crippen molar-refractivity contribution in [2.45, 2.75) is 38.6 Å². The molecule has 8 nitrogen and oxygen atoms in total. The van der Waals surface area contributed by atoms with Crippen LogP contribution in [0.5, 0.6) is 0 Å². The third-order valence-electron chi connectivity index (χ3n) is 4.48. The SMILES string of the molecule is CCCc1cn(-c2cnc(-n3cccn3)cc2NC2CCOCC2)nn1. The molecule has 0 saturated carbocycles. The number of anilines is 1. The molecule has 3 aromatic heterocycles. The predicted octanol–water partition coefficient (Wildman–Crippen LogP) is 2.39. The van der Waals surface area contributed by atoms with E-state index in [4.69, 9.17) is 4.74 Å². The first kappa shape index (κ1) is 16.7. The van der Waals surface area contributed by atoms with E-state index in [2.05, 4.69) is 32.6 Å². The van der Waals surface area contributed by atoms with E-state index in [1.807, 2.05) is 30.7 Å². The molecule has 0 unspecified atom stereocenters. The molecule has 136 valence electrons. The molecule has 0 atom stereocenters. The molecule has 1 saturated heterocycles. The first-order valence-electron chi connectivity index (χ1n) is 9.09. The van der Waals surface area contributed by atoms with E-state index in [0.29, 0.717) is 6.04 Å². The lowest BCUT2D eigenvalue weighted by atomic mass is 10.1. The van der Waals surface area contributed by atoms with Crippen LogP contribution < -0.4 is 5.32 Å². The number of aromatic nitrogens is 6. The third-order valence-corrected chi connectivity index (χ3v) is 4.48. The molecule has 4 heterocycles. The van der Waals surface area contributed by atoms with Crippen LogP contribution in [0, 0.1) is 0 Å². The van der Waals surface area contributed by atoms with E-state index in [9.17, 15) is 0 Å². The molecule has 1 aliphatic heterocycles. The number of rotatable bonds is 6. The number of pyridine rings is 1. The van der Waals surface area contributed by atoms with Crippen molar-refractivity contribution in [3.05, 3.63) is 42.6 Å². The Balaban J connectivity index is 1.68. The number of ether oxygens (including phenoxy) is 1. The Bertz CT molecular complexity index is 837. The minimum Gasteiger partial charge on any atom is -0.381 e. The van der Waals surface area contributed by atoms with Gasteiger partial charge < -0.3 is 10.1 Å². The van der Waals surface area contributed by atoms with Crippen LogP contribution in [-0.4, -0.2) is 49.0 Å². The predicted molar refractivity (Wildman–Crippen MR) is 97.7 cm³/mol. The maximum atomic E-state index is 5.47. The van der Waals surface area contributed by atoms with Crippen molar-refractivity contribution in [3.63, 3.8) is 0 Å². The van der Waals surface area contributed by atoms with E-state index in [0.717, 1.165) is 61.8 Å². The van der Waals surface area contributed by atoms with Crippen molar-refractivity contribution in [1.82, 2.24) is 29.8 Å². The van der Waals surface area contributed by atoms with Gasteiger partial charge >= 0.3 is 0 Å². The molecule has 1 N–H and O–H groups in total. The summed E-state index contributed by atoms with van der Waals surface area (Å²) in [5, 5.41) is 16.5. The van der Waals surface area contributed by atoms with Crippen molar-refractivity contribution in [2.75, 3.05) is 18.5 Å². The largest absolute Gasteiger partial charge is 0.381 e. The molecule has 0 amide bonds. The maximum absolute atomic E-state index is 5.47. The molecule has 0 spiro atoms. The Labute approximate surface area is 152 Å². The first-order chi connectivity index (χ1) is 12.8. The highest BCUT2D eigenvalue weighted by Gasteiger charge is 2.17. The second-order valence-corrected chi connectivity index (χ2v) is 6.45. The lowest BCUT2D eigenvalue weighted by molar-refractivity contribution is 0.0904. The van der Waals surface area contributed by atoms with Gasteiger partial charge in [-0.25, -0.2) is 14.3 Å². The van der Waals surface area contributed by atoms with Crippen molar-refractivity contribution in [3.8, 4) is 11.5 Å². The molecule has 1 aliphatic rings. The van der Waals surface area contributed by atoms with Gasteiger partial charge in [0.1, 0.15) is 5.69 Å². The Morgan fingerprint density at radius 1 is 1.27 bits per heavy atom. The Kier molecular flexibility index (Phi) is 4.92. The zero-order valence-electron chi connectivity index (χ0n) is 14.9. The Morgan fingerprint density at radius 3 is 2.92 bits per heavy atom. The van der Waals surface area contributed by atoms with Crippen LogP contribution in [-0.2, 0) is 11.2 Å². The summed E-state index contributed by atoms with van der Waals surface area (Å²) < 4.78 is 9.02. The maximum Gasteiger partial charge on any atom is 0.155 e. The molecule has 1 fully saturated rings. The van der Waals surface area contributed by atoms with E-state index in [1.54, 1.807) is 15.6 Å². The molecule has 0 radical (unpaired) electrons. The van der Waals surface area contributed by atoms with Crippen molar-refractivity contribution < 1.29 is 4.74 Å². The van der Waals surface area contributed by atoms with Gasteiger partial charge in [-0.05, 0) is 25.3 Å². The van der Waals surface area contributed by atoms with Crippen LogP contribution in [0.1, 0.15) is 31.9 Å². The summed E-state index contributed by atoms with van der Waals surface area (Å²) in [4.78, 5) is 4.55. The highest BCUT2D eigenvalue weighted by atomic mass is 16.5. The number of hydrogen-bond donors (Lipinski definition) is 1. The highest BCUT2D eigenvalue weighted by molar-refractivity contribution is 5.62. The van der Waals surface area contributed by atoms with Gasteiger partial charge in [0.2, 0.25) is 0 Å². The standard InChI is InChI=1S/C18H23N7O/c1-2-4-15-13-25(23-22-15)17-12-19-18(24-8-3-7-20-24)11-16(17)21-14-5-9-26-10-6-14/h3,7-8,11-14H,2,4-6,9-10H2,1H3,(H,19,21). The molecule has 26 heavy (non-hydrogen) atoms. The van der Waals surface area contributed by atoms with E-state index in [1.165, 1.54) is 0 Å². The van der Waals surface area contributed by atoms with Crippen LogP contribution in [0.3, 0.4) is 0 Å². The smallest absolute Gasteiger partial charge is 0.155 e. The zero-order chi connectivity index (χ0) is 17.8. The summed E-state index contributed by atoms with van der Waals surface area (Å²) in [6.45, 7) is 3.71. The minimum atomic E-state index is 0.369. The molecular weight excluding hydrogens is 330 g/mol. The number of nitrogens with one attached hydrogen (secondary N) is 1. The topological polar surface area (TPSA) is 82.7 Å². The van der Waals surface area contributed by atoms with Gasteiger partial charge in [0.15, 0.2) is 5.82 Å². The van der Waals surface area contributed by atoms with Crippen LogP contribution >= 0.6 is 0 Å². The normalized spacial score (nSPS) is 15.3. The van der Waals surface area contributed by atoms with Gasteiger partial charge in [0.05, 0.1) is 23.8 Å². The number of hydrogen-bond acceptors (Lipinski definition) is 6. The summed E-state index contributed by atoms with van der Waals surface area (Å²) in [7, 11) is 0. The van der Waals surface area contributed by atoms with Gasteiger partial charge in [-0.2, -0.15) is 5.10 Å². The van der Waals surface area contributed by atoms with Crippen LogP contribution in [0.4, 0.5) is 5.69 Å². The molecule has 0 bridgehead atoms. The zero-order valence-corrected chi connectivity index (χ0v) is 14.9. The number of aryl methyl sites for hydroxylation is 1. The Morgan fingerprint density at radius 2 is 2.15 bits per heavy atom. The van der Waals surface area contributed by atoms with Gasteiger partial charge in [-0.15, -0.1) is 5.10 Å². The molecule has 3 aromatic rings. The van der Waals surface area contributed by atoms with E-state index in [-0.39, 0.29) is 0 Å². The lowest BCUT2D eigenvalue weighted by Gasteiger charge is -2.25. The molecule has 0 aromatic carbocycles. The minimum absolute atomic E-state index is 0.369. The highest BCUT2D eigenvalue weighted by Crippen LogP contribution is 2.24. The van der Waals surface area contributed by atoms with Gasteiger partial charge in [-0.3, -0.25) is 0 Å². The molecule has 8 heteroatoms. The number of nitrogens with zero attached hydrogens (tertiary/aromatic N) is 6. The summed E-state index contributed by atoms with van der Waals surface area (Å²) in [6.07, 6.45) is 11.4. The van der Waals surface area contributed by atoms with Crippen LogP contribution in [0.25, 0.3) is 11.5 Å². The van der Waals surface area contributed by atoms with Gasteiger partial charge in [-0.1, -0.05) is 18.6 Å². The second-order valence-electron chi connectivity index (χ2n) is 6.45. The summed E-state index contributed by atoms with van der Waals surface area (Å²) >= 11 is 0. The van der Waals surface area contributed by atoms with E-state index >= 15 is 0 Å². The third kappa shape index (κ3) is 3.60. The quantitative estimate of drug-likeness (QED) is 0.733. The first-order valence-corrected chi connectivity index (χ1v) is 9.09. The van der Waals surface area contributed by atoms with Crippen molar-refractivity contribution in [2.24, 2.45) is 0 Å². The monoisotopic (exact) mass is 353 g/mol. The molecular formula is C18H23N7O. The molecule has 4 rings (SSSR count). The summed E-state index contributed by atoms with van der Waals surface area (Å²) in [5.74, 6) is 0.766. The van der Waals surface area contributed by atoms with Crippen molar-refractivity contribution >= 4 is 5.69 Å². The summed E-state index contributed by atoms with van der Waals surface area (Å²) in [6, 6.07) is 4.27. The molecule has 0 aliphatic carbocycles. The van der Waals surface area contributed by atoms with Crippen LogP contribution in [0.15, 0.2) is 36.9 Å². The average molecular weight is 353 g/mol. The van der Waals surface area contributed by atoms with E-state index < -0.39 is 0 Å². The van der Waals surface area contributed by atoms with Gasteiger partial charge in [0.25, 0.3) is 0 Å². The Hall–Kier alpha value is -2.74. The van der Waals surface area contributed by atoms with Crippen molar-refractivity contribution in [1.29, 1.82) is 0 Å². The lowest BCUT2D eigenvalue weighted by Crippen LogP contribution is -2.28. The fraction of sp³-hybridized carbons (Fsp3) is 0.444. The fourth-order valence-electron chi connectivity index (χ4n) is 3.11. The second kappa shape index (κ2) is 7.65. The van der Waals surface area contributed by atoms with Gasteiger partial charge in [0, 0.05) is 37.7 Å².